The molecule has 0 aliphatic rings. The van der Waals surface area contributed by atoms with Crippen molar-refractivity contribution < 1.29 is 4.52 Å². The van der Waals surface area contributed by atoms with Crippen LogP contribution in [-0.2, 0) is 13.1 Å². The summed E-state index contributed by atoms with van der Waals surface area (Å²) in [5, 5.41) is 6.98. The molecule has 6 heteroatoms. The summed E-state index contributed by atoms with van der Waals surface area (Å²) in [6, 6.07) is 0. The quantitative estimate of drug-likeness (QED) is 0.819. The Balaban J connectivity index is 1.78. The SMILES string of the molecule is Cc1nc(CNCc2cncs2)no1. The number of hydrogen-bond acceptors (Lipinski definition) is 6. The van der Waals surface area contributed by atoms with E-state index in [1.54, 1.807) is 18.3 Å². The Morgan fingerprint density at radius 1 is 1.50 bits per heavy atom. The van der Waals surface area contributed by atoms with E-state index in [1.807, 2.05) is 11.7 Å². The first kappa shape index (κ1) is 9.29. The van der Waals surface area contributed by atoms with Crippen LogP contribution in [0.5, 0.6) is 0 Å². The van der Waals surface area contributed by atoms with E-state index in [1.165, 1.54) is 4.88 Å². The third-order valence-corrected chi connectivity index (χ3v) is 2.42. The van der Waals surface area contributed by atoms with E-state index in [-0.39, 0.29) is 0 Å². The van der Waals surface area contributed by atoms with E-state index in [0.29, 0.717) is 18.3 Å². The fourth-order valence-electron chi connectivity index (χ4n) is 1.04. The molecule has 0 aromatic carbocycles. The van der Waals surface area contributed by atoms with Crippen LogP contribution in [0.2, 0.25) is 0 Å². The Morgan fingerprint density at radius 2 is 2.43 bits per heavy atom. The van der Waals surface area contributed by atoms with Gasteiger partial charge >= 0.3 is 0 Å². The fraction of sp³-hybridized carbons (Fsp3) is 0.375. The second-order valence-electron chi connectivity index (χ2n) is 2.80. The van der Waals surface area contributed by atoms with Crippen LogP contribution in [0.1, 0.15) is 16.6 Å². The topological polar surface area (TPSA) is 63.8 Å². The van der Waals surface area contributed by atoms with Crippen LogP contribution in [0.15, 0.2) is 16.2 Å². The molecule has 0 amide bonds. The maximum atomic E-state index is 4.84. The molecule has 0 radical (unpaired) electrons. The van der Waals surface area contributed by atoms with Crippen molar-refractivity contribution in [1.29, 1.82) is 0 Å². The molecule has 0 aliphatic heterocycles. The first-order valence-electron chi connectivity index (χ1n) is 4.22. The van der Waals surface area contributed by atoms with Gasteiger partial charge in [-0.05, 0) is 0 Å². The van der Waals surface area contributed by atoms with Gasteiger partial charge in [0.05, 0.1) is 12.1 Å². The van der Waals surface area contributed by atoms with Gasteiger partial charge in [0, 0.05) is 24.5 Å². The highest BCUT2D eigenvalue weighted by Gasteiger charge is 2.01. The summed E-state index contributed by atoms with van der Waals surface area (Å²) in [5.74, 6) is 1.28. The van der Waals surface area contributed by atoms with Crippen LogP contribution in [0.4, 0.5) is 0 Å². The summed E-state index contributed by atoms with van der Waals surface area (Å²) in [4.78, 5) is 9.26. The van der Waals surface area contributed by atoms with Gasteiger partial charge in [0.1, 0.15) is 0 Å². The normalized spacial score (nSPS) is 10.6. The van der Waals surface area contributed by atoms with Crippen molar-refractivity contribution >= 4 is 11.3 Å². The van der Waals surface area contributed by atoms with Gasteiger partial charge in [0.2, 0.25) is 5.89 Å². The molecular weight excluding hydrogens is 200 g/mol. The molecule has 2 rings (SSSR count). The molecule has 0 atom stereocenters. The second kappa shape index (κ2) is 4.30. The Hall–Kier alpha value is -1.27. The van der Waals surface area contributed by atoms with E-state index < -0.39 is 0 Å². The van der Waals surface area contributed by atoms with Crippen LogP contribution in [0.25, 0.3) is 0 Å². The minimum Gasteiger partial charge on any atom is -0.340 e. The Labute approximate surface area is 85.2 Å². The lowest BCUT2D eigenvalue weighted by Gasteiger charge is -1.96. The maximum absolute atomic E-state index is 4.84. The fourth-order valence-corrected chi connectivity index (χ4v) is 1.60. The Kier molecular flexibility index (Phi) is 2.85. The lowest BCUT2D eigenvalue weighted by molar-refractivity contribution is 0.385. The van der Waals surface area contributed by atoms with Gasteiger partial charge in [0.25, 0.3) is 0 Å². The molecule has 0 aliphatic carbocycles. The summed E-state index contributed by atoms with van der Waals surface area (Å²) in [5.41, 5.74) is 1.81. The van der Waals surface area contributed by atoms with Gasteiger partial charge in [-0.25, -0.2) is 0 Å². The molecule has 14 heavy (non-hydrogen) atoms. The minimum absolute atomic E-state index is 0.597. The van der Waals surface area contributed by atoms with Crippen LogP contribution < -0.4 is 5.32 Å². The molecule has 0 saturated carbocycles. The molecule has 0 fully saturated rings. The third kappa shape index (κ3) is 2.36. The molecule has 1 N–H and O–H groups in total. The maximum Gasteiger partial charge on any atom is 0.223 e. The average Bonchev–Trinajstić information content (AvgIpc) is 2.77. The van der Waals surface area contributed by atoms with Crippen molar-refractivity contribution in [1.82, 2.24) is 20.4 Å². The van der Waals surface area contributed by atoms with E-state index in [0.717, 1.165) is 6.54 Å². The zero-order chi connectivity index (χ0) is 9.80. The Bertz CT molecular complexity index is 384. The van der Waals surface area contributed by atoms with E-state index in [4.69, 9.17) is 4.52 Å². The summed E-state index contributed by atoms with van der Waals surface area (Å²) in [7, 11) is 0. The van der Waals surface area contributed by atoms with Crippen molar-refractivity contribution in [3.8, 4) is 0 Å². The number of nitrogens with zero attached hydrogens (tertiary/aromatic N) is 3. The molecule has 0 bridgehead atoms. The molecule has 74 valence electrons. The number of aromatic nitrogens is 3. The highest BCUT2D eigenvalue weighted by molar-refractivity contribution is 7.09. The van der Waals surface area contributed by atoms with Crippen LogP contribution in [-0.4, -0.2) is 15.1 Å². The molecule has 0 spiro atoms. The number of aryl methyl sites for hydroxylation is 1. The predicted molar refractivity (Wildman–Crippen MR) is 51.7 cm³/mol. The largest absolute Gasteiger partial charge is 0.340 e. The highest BCUT2D eigenvalue weighted by atomic mass is 32.1. The van der Waals surface area contributed by atoms with E-state index in [2.05, 4.69) is 20.4 Å². The van der Waals surface area contributed by atoms with E-state index in [9.17, 15) is 0 Å². The number of thiazole rings is 1. The standard InChI is InChI=1S/C8H10N4OS/c1-6-11-8(12-13-6)4-9-2-7-3-10-5-14-7/h3,5,9H,2,4H2,1H3. The molecule has 2 heterocycles. The molecule has 2 aromatic heterocycles. The minimum atomic E-state index is 0.597. The van der Waals surface area contributed by atoms with Crippen molar-refractivity contribution in [3.63, 3.8) is 0 Å². The van der Waals surface area contributed by atoms with Gasteiger partial charge in [0.15, 0.2) is 5.82 Å². The van der Waals surface area contributed by atoms with Gasteiger partial charge in [-0.3, -0.25) is 4.98 Å². The monoisotopic (exact) mass is 210 g/mol. The summed E-state index contributed by atoms with van der Waals surface area (Å²) in [6.07, 6.45) is 1.85. The van der Waals surface area contributed by atoms with Crippen molar-refractivity contribution in [3.05, 3.63) is 28.3 Å². The average molecular weight is 210 g/mol. The molecular formula is C8H10N4OS. The second-order valence-corrected chi connectivity index (χ2v) is 3.77. The molecule has 0 unspecified atom stereocenters. The van der Waals surface area contributed by atoms with Gasteiger partial charge in [-0.2, -0.15) is 4.98 Å². The zero-order valence-electron chi connectivity index (χ0n) is 7.73. The molecule has 2 aromatic rings. The number of rotatable bonds is 4. The van der Waals surface area contributed by atoms with Crippen LogP contribution in [0, 0.1) is 6.92 Å². The van der Waals surface area contributed by atoms with Gasteiger partial charge in [-0.15, -0.1) is 11.3 Å². The van der Waals surface area contributed by atoms with Gasteiger partial charge in [-0.1, -0.05) is 5.16 Å². The summed E-state index contributed by atoms with van der Waals surface area (Å²) >= 11 is 1.63. The smallest absolute Gasteiger partial charge is 0.223 e. The van der Waals surface area contributed by atoms with Crippen molar-refractivity contribution in [2.24, 2.45) is 0 Å². The van der Waals surface area contributed by atoms with Crippen LogP contribution in [0.3, 0.4) is 0 Å². The summed E-state index contributed by atoms with van der Waals surface area (Å²) in [6.45, 7) is 3.19. The van der Waals surface area contributed by atoms with Crippen molar-refractivity contribution in [2.45, 2.75) is 20.0 Å². The predicted octanol–water partition coefficient (Wildman–Crippen LogP) is 1.12. The first-order chi connectivity index (χ1) is 6.84. The highest BCUT2D eigenvalue weighted by Crippen LogP contribution is 2.04. The first-order valence-corrected chi connectivity index (χ1v) is 5.10. The zero-order valence-corrected chi connectivity index (χ0v) is 8.54. The summed E-state index contributed by atoms with van der Waals surface area (Å²) < 4.78 is 4.84. The van der Waals surface area contributed by atoms with Gasteiger partial charge < -0.3 is 9.84 Å². The molecule has 5 nitrogen and oxygen atoms in total. The lowest BCUT2D eigenvalue weighted by Crippen LogP contribution is -2.12. The lowest BCUT2D eigenvalue weighted by atomic mass is 10.5. The Morgan fingerprint density at radius 3 is 3.07 bits per heavy atom. The number of nitrogens with one attached hydrogen (secondary N) is 1. The number of hydrogen-bond donors (Lipinski definition) is 1. The van der Waals surface area contributed by atoms with Crippen molar-refractivity contribution in [2.75, 3.05) is 0 Å². The molecule has 0 saturated heterocycles. The van der Waals surface area contributed by atoms with Crippen LogP contribution >= 0.6 is 11.3 Å². The van der Waals surface area contributed by atoms with E-state index >= 15 is 0 Å². The third-order valence-electron chi connectivity index (χ3n) is 1.64.